The van der Waals surface area contributed by atoms with Crippen LogP contribution in [0.3, 0.4) is 0 Å². The van der Waals surface area contributed by atoms with Crippen molar-refractivity contribution in [3.05, 3.63) is 54.5 Å². The number of alkyl halides is 1. The van der Waals surface area contributed by atoms with E-state index >= 15 is 4.39 Å². The molecule has 0 bridgehead atoms. The van der Waals surface area contributed by atoms with Crippen molar-refractivity contribution in [2.24, 2.45) is 0 Å². The second kappa shape index (κ2) is 15.7. The topological polar surface area (TPSA) is 66.5 Å². The summed E-state index contributed by atoms with van der Waals surface area (Å²) in [6.07, 6.45) is -1.09. The fourth-order valence-electron chi connectivity index (χ4n) is 4.97. The van der Waals surface area contributed by atoms with Gasteiger partial charge < -0.3 is 28.9 Å². The van der Waals surface area contributed by atoms with E-state index in [2.05, 4.69) is 95.3 Å². The molecule has 2 heterocycles. The van der Waals surface area contributed by atoms with Gasteiger partial charge in [-0.1, -0.05) is 46.4 Å². The van der Waals surface area contributed by atoms with Crippen LogP contribution in [0.2, 0.25) is 0 Å². The minimum atomic E-state index is -1.69. The molecule has 0 radical (unpaired) electrons. The maximum Gasteiger partial charge on any atom is 0.259 e. The van der Waals surface area contributed by atoms with Gasteiger partial charge in [-0.2, -0.15) is 0 Å². The standard InChI is InChI=1S/C30H48FN4O4PS2/c1-20(2)35(21(3)4)40(39-28-22(5)38-29(27(28)31)34-17-15-26(36)32-23(34)6)37-18-16-24-13-11-12-14-25(24)41-42-30(7,8)19-33(9)10/h11-15,17,20-22,27-29H,6,16,18-19H2,1-5,7-10H3,(H,32,36)/t22-,27+,28?,29-,40?/m1/s1/i5D. The summed E-state index contributed by atoms with van der Waals surface area (Å²) in [5.74, 6) is -0.120. The maximum absolute atomic E-state index is 16.0. The molecule has 1 aromatic carbocycles. The van der Waals surface area contributed by atoms with Crippen LogP contribution in [-0.2, 0) is 25.0 Å². The highest BCUT2D eigenvalue weighted by molar-refractivity contribution is 8.77. The van der Waals surface area contributed by atoms with Crippen LogP contribution in [0, 0.1) is 0 Å². The molecule has 1 saturated heterocycles. The van der Waals surface area contributed by atoms with Crippen LogP contribution in [-0.4, -0.2) is 89.1 Å². The van der Waals surface area contributed by atoms with E-state index in [1.54, 1.807) is 10.8 Å². The third-order valence-corrected chi connectivity index (χ3v) is 12.1. The van der Waals surface area contributed by atoms with Crippen LogP contribution in [0.5, 0.6) is 0 Å². The first-order chi connectivity index (χ1) is 20.2. The predicted octanol–water partition coefficient (Wildman–Crippen LogP) is 6.56. The number of nitrogens with zero attached hydrogens (tertiary/aromatic N) is 3. The summed E-state index contributed by atoms with van der Waals surface area (Å²) in [5, 5.41) is 2.57. The molecule has 0 aliphatic carbocycles. The molecule has 2 aliphatic rings. The molecular weight excluding hydrogens is 594 g/mol. The smallest absolute Gasteiger partial charge is 0.259 e. The predicted molar refractivity (Wildman–Crippen MR) is 174 cm³/mol. The molecule has 1 fully saturated rings. The van der Waals surface area contributed by atoms with E-state index in [9.17, 15) is 4.79 Å². The Morgan fingerprint density at radius 1 is 1.26 bits per heavy atom. The molecule has 8 nitrogen and oxygen atoms in total. The summed E-state index contributed by atoms with van der Waals surface area (Å²) < 4.78 is 45.2. The van der Waals surface area contributed by atoms with Gasteiger partial charge in [0, 0.05) is 41.9 Å². The lowest BCUT2D eigenvalue weighted by molar-refractivity contribution is -0.117. The van der Waals surface area contributed by atoms with Crippen LogP contribution in [0.15, 0.2) is 53.8 Å². The monoisotopic (exact) mass is 643 g/mol. The zero-order valence-corrected chi connectivity index (χ0v) is 28.6. The molecule has 236 valence electrons. The van der Waals surface area contributed by atoms with Crippen molar-refractivity contribution in [2.75, 3.05) is 27.2 Å². The van der Waals surface area contributed by atoms with Crippen molar-refractivity contribution >= 4 is 36.0 Å². The van der Waals surface area contributed by atoms with Gasteiger partial charge in [0.2, 0.25) is 0 Å². The number of carbonyl (C=O) groups is 1. The fraction of sp³-hybridized carbons (Fsp3) is 0.633. The first-order valence-corrected chi connectivity index (χ1v) is 17.5. The van der Waals surface area contributed by atoms with Crippen molar-refractivity contribution < 1.29 is 24.3 Å². The summed E-state index contributed by atoms with van der Waals surface area (Å²) >= 11 is 0. The lowest BCUT2D eigenvalue weighted by Gasteiger charge is -2.37. The molecule has 2 aliphatic heterocycles. The van der Waals surface area contributed by atoms with Gasteiger partial charge in [-0.05, 0) is 80.6 Å². The first kappa shape index (κ1) is 33.7. The number of amides is 1. The Morgan fingerprint density at radius 3 is 2.57 bits per heavy atom. The third kappa shape index (κ3) is 9.66. The first-order valence-electron chi connectivity index (χ1n) is 15.0. The Hall–Kier alpha value is -1.17. The average molecular weight is 644 g/mol. The molecule has 3 rings (SSSR count). The van der Waals surface area contributed by atoms with Crippen molar-refractivity contribution in [2.45, 2.75) is 101 Å². The molecule has 1 aromatic rings. The Morgan fingerprint density at radius 2 is 1.95 bits per heavy atom. The van der Waals surface area contributed by atoms with E-state index < -0.39 is 33.1 Å². The van der Waals surface area contributed by atoms with Gasteiger partial charge in [-0.15, -0.1) is 0 Å². The van der Waals surface area contributed by atoms with Crippen LogP contribution in [0.1, 0.15) is 55.4 Å². The molecular formula is C30H48FN4O4PS2. The molecule has 5 atom stereocenters. The second-order valence-corrected chi connectivity index (χ2v) is 16.2. The molecule has 1 N–H and O–H groups in total. The Kier molecular flexibility index (Phi) is 12.6. The van der Waals surface area contributed by atoms with E-state index in [-0.39, 0.29) is 35.5 Å². The van der Waals surface area contributed by atoms with Gasteiger partial charge in [0.1, 0.15) is 11.9 Å². The largest absolute Gasteiger partial charge is 0.349 e. The summed E-state index contributed by atoms with van der Waals surface area (Å²) in [4.78, 5) is 16.5. The van der Waals surface area contributed by atoms with Crippen LogP contribution in [0.25, 0.3) is 0 Å². The van der Waals surface area contributed by atoms with Crippen molar-refractivity contribution in [3.8, 4) is 0 Å². The lowest BCUT2D eigenvalue weighted by Crippen LogP contribution is -2.45. The van der Waals surface area contributed by atoms with Crippen LogP contribution < -0.4 is 5.32 Å². The molecule has 0 saturated carbocycles. The van der Waals surface area contributed by atoms with E-state index in [4.69, 9.17) is 15.2 Å². The van der Waals surface area contributed by atoms with Gasteiger partial charge in [-0.25, -0.2) is 9.06 Å². The van der Waals surface area contributed by atoms with E-state index in [1.165, 1.54) is 27.6 Å². The van der Waals surface area contributed by atoms with Crippen molar-refractivity contribution in [3.63, 3.8) is 0 Å². The summed E-state index contributed by atoms with van der Waals surface area (Å²) in [6.45, 7) is 17.8. The normalized spacial score (nSPS) is 24.3. The van der Waals surface area contributed by atoms with Crippen molar-refractivity contribution in [1.29, 1.82) is 0 Å². The number of hydrogen-bond acceptors (Lipinski definition) is 9. The molecule has 1 amide bonds. The van der Waals surface area contributed by atoms with Crippen LogP contribution >= 0.6 is 30.1 Å². The second-order valence-electron chi connectivity index (χ2n) is 11.9. The highest BCUT2D eigenvalue weighted by Crippen LogP contribution is 2.50. The highest BCUT2D eigenvalue weighted by Gasteiger charge is 2.49. The third-order valence-electron chi connectivity index (χ3n) is 6.57. The van der Waals surface area contributed by atoms with E-state index in [0.717, 1.165) is 6.54 Å². The molecule has 12 heteroatoms. The number of carbonyl (C=O) groups excluding carboxylic acids is 1. The van der Waals surface area contributed by atoms with Crippen molar-refractivity contribution in [1.82, 2.24) is 19.8 Å². The zero-order chi connectivity index (χ0) is 31.9. The molecule has 0 aromatic heterocycles. The van der Waals surface area contributed by atoms with Crippen LogP contribution in [0.4, 0.5) is 4.39 Å². The molecule has 0 spiro atoms. The quantitative estimate of drug-likeness (QED) is 0.169. The minimum Gasteiger partial charge on any atom is -0.349 e. The van der Waals surface area contributed by atoms with E-state index in [0.29, 0.717) is 13.0 Å². The number of halogens is 1. The number of hydrogen-bond donors (Lipinski definition) is 1. The Bertz CT molecular complexity index is 1110. The SMILES string of the molecule is [2H]C[C@H]1O[C@@H](N2C=CC(=O)NC2=C)[C@@H](F)C1OP(OCCc1ccccc1SSC(C)(C)CN(C)C)N(C(C)C)C(C)C. The summed E-state index contributed by atoms with van der Waals surface area (Å²) in [6, 6.07) is 8.51. The van der Waals surface area contributed by atoms with Gasteiger partial charge >= 0.3 is 0 Å². The number of nitrogens with one attached hydrogen (secondary N) is 1. The average Bonchev–Trinajstić information content (AvgIpc) is 3.21. The number of ether oxygens (including phenoxy) is 1. The minimum absolute atomic E-state index is 0.0786. The van der Waals surface area contributed by atoms with Gasteiger partial charge in [0.05, 0.1) is 12.7 Å². The Balaban J connectivity index is 1.74. The number of benzene rings is 1. The van der Waals surface area contributed by atoms with Gasteiger partial charge in [0.25, 0.3) is 14.4 Å². The van der Waals surface area contributed by atoms with Gasteiger partial charge in [-0.3, -0.25) is 4.79 Å². The molecule has 42 heavy (non-hydrogen) atoms. The summed E-state index contributed by atoms with van der Waals surface area (Å²) in [7, 11) is 6.13. The fourth-order valence-corrected chi connectivity index (χ4v) is 9.36. The maximum atomic E-state index is 16.0. The lowest BCUT2D eigenvalue weighted by atomic mass is 10.1. The Labute approximate surface area is 262 Å². The summed E-state index contributed by atoms with van der Waals surface area (Å²) in [5.41, 5.74) is 1.19. The zero-order valence-electron chi connectivity index (χ0n) is 27.1. The van der Waals surface area contributed by atoms with E-state index in [1.807, 2.05) is 16.9 Å². The number of rotatable bonds is 15. The highest BCUT2D eigenvalue weighted by atomic mass is 33.1. The molecule has 2 unspecified atom stereocenters. The van der Waals surface area contributed by atoms with Gasteiger partial charge in [0.15, 0.2) is 12.4 Å².